The molecule has 0 N–H and O–H groups in total. The molecule has 0 spiro atoms. The summed E-state index contributed by atoms with van der Waals surface area (Å²) >= 11 is 0. The van der Waals surface area contributed by atoms with Gasteiger partial charge in [-0.3, -0.25) is 4.79 Å². The monoisotopic (exact) mass is 447 g/mol. The standard InChI is InChI=1S/C26H20FO6/c27-21-23(33-26(30)19-14-8-3-9-15-19)20(16-31-25(29)18-12-6-2-7-13-18)32-24(21)22(28)17-10-4-1-5-11-17/h1-15,20-21,23H,16H2/t20-,21+,23-/m1/s1. The Morgan fingerprint density at radius 3 is 1.76 bits per heavy atom. The van der Waals surface area contributed by atoms with Crippen molar-refractivity contribution in [3.63, 3.8) is 0 Å². The predicted molar refractivity (Wildman–Crippen MR) is 116 cm³/mol. The number of ether oxygens (including phenoxy) is 3. The summed E-state index contributed by atoms with van der Waals surface area (Å²) in [4.78, 5) is 37.7. The molecule has 6 nitrogen and oxygen atoms in total. The molecule has 0 aliphatic carbocycles. The van der Waals surface area contributed by atoms with Gasteiger partial charge in [0, 0.05) is 5.56 Å². The molecule has 0 bridgehead atoms. The van der Waals surface area contributed by atoms with Crippen LogP contribution in [0, 0.1) is 6.10 Å². The van der Waals surface area contributed by atoms with E-state index in [2.05, 4.69) is 0 Å². The number of halogens is 1. The summed E-state index contributed by atoms with van der Waals surface area (Å²) in [5.41, 5.74) is 0.743. The average molecular weight is 447 g/mol. The fourth-order valence-corrected chi connectivity index (χ4v) is 3.39. The Balaban J connectivity index is 1.52. The Morgan fingerprint density at radius 1 is 0.727 bits per heavy atom. The Morgan fingerprint density at radius 2 is 1.21 bits per heavy atom. The fraction of sp³-hybridized carbons (Fsp3) is 0.154. The smallest absolute Gasteiger partial charge is 0.338 e. The van der Waals surface area contributed by atoms with Crippen molar-refractivity contribution in [1.29, 1.82) is 0 Å². The number of carbonyl (C=O) groups excluding carboxylic acids is 3. The number of ketones is 1. The highest BCUT2D eigenvalue weighted by molar-refractivity contribution is 6.05. The normalized spacial score (nSPS) is 20.2. The van der Waals surface area contributed by atoms with Crippen molar-refractivity contribution in [2.24, 2.45) is 0 Å². The summed E-state index contributed by atoms with van der Waals surface area (Å²) in [5, 5.41) is 0. The minimum atomic E-state index is -2.02. The lowest BCUT2D eigenvalue weighted by Crippen LogP contribution is -2.37. The molecule has 1 heterocycles. The predicted octanol–water partition coefficient (Wildman–Crippen LogP) is 4.22. The van der Waals surface area contributed by atoms with Gasteiger partial charge in [0.15, 0.2) is 12.3 Å². The van der Waals surface area contributed by atoms with Crippen LogP contribution in [0.1, 0.15) is 31.1 Å². The van der Waals surface area contributed by atoms with Gasteiger partial charge in [-0.2, -0.15) is 0 Å². The first-order valence-corrected chi connectivity index (χ1v) is 10.3. The van der Waals surface area contributed by atoms with Crippen LogP contribution < -0.4 is 0 Å². The number of Topliss-reactive ketones (excluding diaryl/α,β-unsaturated/α-hetero) is 1. The van der Waals surface area contributed by atoms with Crippen molar-refractivity contribution in [3.8, 4) is 0 Å². The molecular formula is C26H20FO6. The molecule has 3 aromatic rings. The molecular weight excluding hydrogens is 427 g/mol. The molecule has 1 radical (unpaired) electrons. The molecule has 1 aliphatic rings. The molecule has 0 saturated carbocycles. The Kier molecular flexibility index (Phi) is 6.90. The number of hydrogen-bond acceptors (Lipinski definition) is 6. The van der Waals surface area contributed by atoms with E-state index >= 15 is 4.39 Å². The van der Waals surface area contributed by atoms with Gasteiger partial charge in [0.2, 0.25) is 11.9 Å². The van der Waals surface area contributed by atoms with Crippen molar-refractivity contribution in [1.82, 2.24) is 0 Å². The highest BCUT2D eigenvalue weighted by Crippen LogP contribution is 2.35. The van der Waals surface area contributed by atoms with E-state index in [0.29, 0.717) is 5.56 Å². The number of esters is 2. The van der Waals surface area contributed by atoms with Crippen molar-refractivity contribution in [2.45, 2.75) is 18.4 Å². The molecule has 4 rings (SSSR count). The summed E-state index contributed by atoms with van der Waals surface area (Å²) in [7, 11) is 0. The van der Waals surface area contributed by atoms with Gasteiger partial charge < -0.3 is 14.2 Å². The van der Waals surface area contributed by atoms with E-state index < -0.39 is 48.8 Å². The summed E-state index contributed by atoms with van der Waals surface area (Å²) in [6, 6.07) is 24.4. The molecule has 7 heteroatoms. The number of rotatable bonds is 7. The fourth-order valence-electron chi connectivity index (χ4n) is 3.39. The average Bonchev–Trinajstić information content (AvgIpc) is 3.18. The lowest BCUT2D eigenvalue weighted by Gasteiger charge is -2.19. The van der Waals surface area contributed by atoms with E-state index in [1.165, 1.54) is 24.3 Å². The van der Waals surface area contributed by atoms with Crippen molar-refractivity contribution >= 4 is 17.7 Å². The summed E-state index contributed by atoms with van der Waals surface area (Å²) in [6.45, 7) is -0.410. The molecule has 1 saturated heterocycles. The lowest BCUT2D eigenvalue weighted by molar-refractivity contribution is -0.0314. The van der Waals surface area contributed by atoms with Crippen molar-refractivity contribution < 1.29 is 33.0 Å². The Hall–Kier alpha value is -3.84. The summed E-state index contributed by atoms with van der Waals surface area (Å²) in [6.07, 6.45) is -5.18. The van der Waals surface area contributed by atoms with Crippen LogP contribution >= 0.6 is 0 Å². The van der Waals surface area contributed by atoms with E-state index in [0.717, 1.165) is 0 Å². The SMILES string of the molecule is O=C(OC[C@H]1O[C](C(=O)c2ccccc2)[C@@H](F)[C@@H]1OC(=O)c1ccccc1)c1ccccc1. The third kappa shape index (κ3) is 5.15. The lowest BCUT2D eigenvalue weighted by atomic mass is 10.0. The van der Waals surface area contributed by atoms with Crippen LogP contribution in [0.3, 0.4) is 0 Å². The van der Waals surface area contributed by atoms with Crippen molar-refractivity contribution in [2.75, 3.05) is 6.61 Å². The number of alkyl halides is 1. The van der Waals surface area contributed by atoms with Crippen molar-refractivity contribution in [3.05, 3.63) is 114 Å². The molecule has 33 heavy (non-hydrogen) atoms. The second-order valence-corrected chi connectivity index (χ2v) is 7.32. The van der Waals surface area contributed by atoms with Gasteiger partial charge >= 0.3 is 11.9 Å². The van der Waals surface area contributed by atoms with Crippen LogP contribution in [0.2, 0.25) is 0 Å². The molecule has 1 fully saturated rings. The van der Waals surface area contributed by atoms with Crippen LogP contribution in [0.4, 0.5) is 4.39 Å². The van der Waals surface area contributed by atoms with Crippen LogP contribution in [0.5, 0.6) is 0 Å². The largest absolute Gasteiger partial charge is 0.459 e. The van der Waals surface area contributed by atoms with E-state index in [1.54, 1.807) is 66.7 Å². The zero-order chi connectivity index (χ0) is 23.2. The maximum atomic E-state index is 15.4. The third-order valence-electron chi connectivity index (χ3n) is 5.08. The van der Waals surface area contributed by atoms with Crippen LogP contribution in [0.15, 0.2) is 91.0 Å². The molecule has 1 aliphatic heterocycles. The molecule has 0 amide bonds. The van der Waals surface area contributed by atoms with E-state index in [4.69, 9.17) is 14.2 Å². The molecule has 0 aromatic heterocycles. The van der Waals surface area contributed by atoms with Gasteiger partial charge in [-0.1, -0.05) is 66.7 Å². The summed E-state index contributed by atoms with van der Waals surface area (Å²) in [5.74, 6) is -2.09. The topological polar surface area (TPSA) is 78.9 Å². The van der Waals surface area contributed by atoms with Gasteiger partial charge in [-0.15, -0.1) is 0 Å². The van der Waals surface area contributed by atoms with E-state index in [9.17, 15) is 14.4 Å². The quantitative estimate of drug-likeness (QED) is 0.399. The summed E-state index contributed by atoms with van der Waals surface area (Å²) < 4.78 is 31.6. The highest BCUT2D eigenvalue weighted by atomic mass is 19.1. The van der Waals surface area contributed by atoms with Gasteiger partial charge in [0.05, 0.1) is 11.1 Å². The number of hydrogen-bond donors (Lipinski definition) is 0. The zero-order valence-corrected chi connectivity index (χ0v) is 17.4. The first-order chi connectivity index (χ1) is 16.0. The number of benzene rings is 3. The minimum Gasteiger partial charge on any atom is -0.459 e. The minimum absolute atomic E-state index is 0.215. The first kappa shape index (κ1) is 22.4. The van der Waals surface area contributed by atoms with Crippen LogP contribution in [-0.4, -0.2) is 42.7 Å². The number of carbonyl (C=O) groups is 3. The molecule has 167 valence electrons. The Labute approximate surface area is 189 Å². The zero-order valence-electron chi connectivity index (χ0n) is 17.4. The third-order valence-corrected chi connectivity index (χ3v) is 5.08. The maximum Gasteiger partial charge on any atom is 0.338 e. The van der Waals surface area contributed by atoms with Gasteiger partial charge in [0.25, 0.3) is 0 Å². The second-order valence-electron chi connectivity index (χ2n) is 7.32. The van der Waals surface area contributed by atoms with E-state index in [-0.39, 0.29) is 11.1 Å². The van der Waals surface area contributed by atoms with E-state index in [1.807, 2.05) is 0 Å². The molecule has 0 unspecified atom stereocenters. The second kappa shape index (κ2) is 10.2. The Bertz CT molecular complexity index is 1100. The molecule has 3 atom stereocenters. The van der Waals surface area contributed by atoms with Crippen LogP contribution in [0.25, 0.3) is 0 Å². The highest BCUT2D eigenvalue weighted by Gasteiger charge is 2.52. The van der Waals surface area contributed by atoms with Gasteiger partial charge in [-0.25, -0.2) is 14.0 Å². The van der Waals surface area contributed by atoms with Gasteiger partial charge in [0.1, 0.15) is 12.7 Å². The van der Waals surface area contributed by atoms with Crippen LogP contribution in [-0.2, 0) is 14.2 Å². The van der Waals surface area contributed by atoms with Gasteiger partial charge in [-0.05, 0) is 24.3 Å². The maximum absolute atomic E-state index is 15.4. The molecule has 3 aromatic carbocycles. The first-order valence-electron chi connectivity index (χ1n) is 10.3.